The highest BCUT2D eigenvalue weighted by Gasteiger charge is 2.13. The summed E-state index contributed by atoms with van der Waals surface area (Å²) in [6.07, 6.45) is 0. The molecule has 2 aromatic carbocycles. The van der Waals surface area contributed by atoms with Crippen molar-refractivity contribution in [3.8, 4) is 0 Å². The molecule has 3 aromatic rings. The minimum absolute atomic E-state index is 0.00417. The monoisotopic (exact) mass is 354 g/mol. The van der Waals surface area contributed by atoms with E-state index in [2.05, 4.69) is 15.6 Å². The van der Waals surface area contributed by atoms with Gasteiger partial charge in [-0.2, -0.15) is 0 Å². The molecule has 0 bridgehead atoms. The molecule has 0 unspecified atom stereocenters. The van der Waals surface area contributed by atoms with Crippen molar-refractivity contribution in [2.45, 2.75) is 6.54 Å². The van der Waals surface area contributed by atoms with Gasteiger partial charge >= 0.3 is 0 Å². The molecule has 0 aliphatic rings. The van der Waals surface area contributed by atoms with E-state index in [1.165, 1.54) is 16.8 Å². The second kappa shape index (κ2) is 6.12. The van der Waals surface area contributed by atoms with Crippen molar-refractivity contribution in [3.63, 3.8) is 0 Å². The van der Waals surface area contributed by atoms with Crippen molar-refractivity contribution in [1.29, 1.82) is 0 Å². The van der Waals surface area contributed by atoms with Crippen LogP contribution in [0.1, 0.15) is 0 Å². The molecule has 0 aliphatic carbocycles. The molecule has 0 spiro atoms. The lowest BCUT2D eigenvalue weighted by molar-refractivity contribution is -0.116. The third kappa shape index (κ3) is 3.02. The van der Waals surface area contributed by atoms with E-state index in [9.17, 15) is 4.79 Å². The topological polar surface area (TPSA) is 59.8 Å². The van der Waals surface area contributed by atoms with Crippen LogP contribution < -0.4 is 5.32 Å². The van der Waals surface area contributed by atoms with E-state index in [4.69, 9.17) is 34.8 Å². The molecule has 112 valence electrons. The average molecular weight is 356 g/mol. The number of aromatic nitrogens is 3. The van der Waals surface area contributed by atoms with Gasteiger partial charge in [0.2, 0.25) is 5.91 Å². The van der Waals surface area contributed by atoms with E-state index < -0.39 is 0 Å². The average Bonchev–Trinajstić information content (AvgIpc) is 2.86. The van der Waals surface area contributed by atoms with Crippen LogP contribution in [0.3, 0.4) is 0 Å². The van der Waals surface area contributed by atoms with Crippen molar-refractivity contribution in [1.82, 2.24) is 15.0 Å². The number of para-hydroxylation sites is 1. The second-order valence-electron chi connectivity index (χ2n) is 4.53. The van der Waals surface area contributed by atoms with Gasteiger partial charge in [0.25, 0.3) is 0 Å². The molecule has 0 aliphatic heterocycles. The number of nitrogens with zero attached hydrogens (tertiary/aromatic N) is 3. The Balaban J connectivity index is 1.81. The van der Waals surface area contributed by atoms with Crippen LogP contribution in [0.15, 0.2) is 36.4 Å². The third-order valence-electron chi connectivity index (χ3n) is 2.98. The van der Waals surface area contributed by atoms with Crippen molar-refractivity contribution < 1.29 is 4.79 Å². The Labute approximate surface area is 140 Å². The van der Waals surface area contributed by atoms with Gasteiger partial charge in [-0.3, -0.25) is 4.79 Å². The fourth-order valence-electron chi connectivity index (χ4n) is 2.01. The van der Waals surface area contributed by atoms with E-state index in [-0.39, 0.29) is 22.5 Å². The first-order valence-corrected chi connectivity index (χ1v) is 7.40. The number of amides is 1. The lowest BCUT2D eigenvalue weighted by Crippen LogP contribution is -2.20. The van der Waals surface area contributed by atoms with Crippen LogP contribution in [0.5, 0.6) is 0 Å². The third-order valence-corrected chi connectivity index (χ3v) is 3.80. The zero-order valence-electron chi connectivity index (χ0n) is 11.1. The zero-order chi connectivity index (χ0) is 15.7. The lowest BCUT2D eigenvalue weighted by atomic mass is 10.3. The number of carbonyl (C=O) groups is 1. The second-order valence-corrected chi connectivity index (χ2v) is 5.78. The number of anilines is 1. The molecular weight excluding hydrogens is 347 g/mol. The van der Waals surface area contributed by atoms with Gasteiger partial charge in [0.1, 0.15) is 12.1 Å². The number of fused-ring (bicyclic) bond motifs is 1. The molecular formula is C14H9Cl3N4O. The molecule has 3 rings (SSSR count). The van der Waals surface area contributed by atoms with E-state index in [0.717, 1.165) is 11.0 Å². The maximum absolute atomic E-state index is 12.2. The number of hydrogen-bond acceptors (Lipinski definition) is 3. The summed E-state index contributed by atoms with van der Waals surface area (Å²) in [6.45, 7) is -0.00417. The van der Waals surface area contributed by atoms with E-state index >= 15 is 0 Å². The summed E-state index contributed by atoms with van der Waals surface area (Å²) in [5.41, 5.74) is 1.81. The Bertz CT molecular complexity index is 839. The van der Waals surface area contributed by atoms with Crippen LogP contribution in [0.2, 0.25) is 15.1 Å². The van der Waals surface area contributed by atoms with Gasteiger partial charge < -0.3 is 5.32 Å². The van der Waals surface area contributed by atoms with Gasteiger partial charge in [-0.25, -0.2) is 4.68 Å². The van der Waals surface area contributed by atoms with Crippen molar-refractivity contribution in [2.24, 2.45) is 0 Å². The first-order chi connectivity index (χ1) is 10.5. The Kier molecular flexibility index (Phi) is 4.20. The van der Waals surface area contributed by atoms with Crippen LogP contribution in [0.4, 0.5) is 5.69 Å². The number of halogens is 3. The minimum Gasteiger partial charge on any atom is -0.322 e. The standard InChI is InChI=1S/C14H9Cl3N4O/c15-8-5-9(16)14(10(17)6-8)18-13(22)7-21-12-4-2-1-3-11(12)19-20-21/h1-6H,7H2,(H,18,22). The highest BCUT2D eigenvalue weighted by Crippen LogP contribution is 2.33. The normalized spacial score (nSPS) is 10.9. The highest BCUT2D eigenvalue weighted by atomic mass is 35.5. The van der Waals surface area contributed by atoms with E-state index in [1.807, 2.05) is 24.3 Å². The maximum Gasteiger partial charge on any atom is 0.246 e. The summed E-state index contributed by atoms with van der Waals surface area (Å²) < 4.78 is 1.50. The van der Waals surface area contributed by atoms with Gasteiger partial charge in [0.05, 0.1) is 21.2 Å². The first kappa shape index (κ1) is 15.1. The fourth-order valence-corrected chi connectivity index (χ4v) is 2.92. The number of carbonyl (C=O) groups excluding carboxylic acids is 1. The molecule has 1 amide bonds. The Morgan fingerprint density at radius 1 is 1.14 bits per heavy atom. The highest BCUT2D eigenvalue weighted by molar-refractivity contribution is 6.42. The number of nitrogens with one attached hydrogen (secondary N) is 1. The molecule has 1 aromatic heterocycles. The number of benzene rings is 2. The van der Waals surface area contributed by atoms with Crippen LogP contribution in [0.25, 0.3) is 11.0 Å². The summed E-state index contributed by atoms with van der Waals surface area (Å²) in [4.78, 5) is 12.2. The summed E-state index contributed by atoms with van der Waals surface area (Å²) in [5.74, 6) is -0.318. The Hall–Kier alpha value is -1.82. The van der Waals surface area contributed by atoms with E-state index in [0.29, 0.717) is 10.7 Å². The zero-order valence-corrected chi connectivity index (χ0v) is 13.3. The molecule has 0 saturated carbocycles. The number of rotatable bonds is 3. The lowest BCUT2D eigenvalue weighted by Gasteiger charge is -2.10. The molecule has 22 heavy (non-hydrogen) atoms. The SMILES string of the molecule is O=C(Cn1nnc2ccccc21)Nc1c(Cl)cc(Cl)cc1Cl. The summed E-state index contributed by atoms with van der Waals surface area (Å²) in [7, 11) is 0. The molecule has 0 saturated heterocycles. The minimum atomic E-state index is -0.318. The predicted octanol–water partition coefficient (Wildman–Crippen LogP) is 4.03. The molecule has 0 atom stereocenters. The summed E-state index contributed by atoms with van der Waals surface area (Å²) in [5, 5.41) is 11.5. The molecule has 1 heterocycles. The van der Waals surface area contributed by atoms with Crippen LogP contribution in [-0.2, 0) is 11.3 Å². The molecule has 8 heteroatoms. The van der Waals surface area contributed by atoms with Gasteiger partial charge in [-0.1, -0.05) is 52.1 Å². The molecule has 0 fully saturated rings. The van der Waals surface area contributed by atoms with Gasteiger partial charge in [0.15, 0.2) is 0 Å². The molecule has 1 N–H and O–H groups in total. The maximum atomic E-state index is 12.2. The van der Waals surface area contributed by atoms with Gasteiger partial charge in [-0.15, -0.1) is 5.10 Å². The smallest absolute Gasteiger partial charge is 0.246 e. The van der Waals surface area contributed by atoms with Crippen molar-refractivity contribution in [2.75, 3.05) is 5.32 Å². The summed E-state index contributed by atoms with van der Waals surface area (Å²) in [6, 6.07) is 10.4. The largest absolute Gasteiger partial charge is 0.322 e. The van der Waals surface area contributed by atoms with Gasteiger partial charge in [-0.05, 0) is 24.3 Å². The van der Waals surface area contributed by atoms with Crippen molar-refractivity contribution in [3.05, 3.63) is 51.5 Å². The van der Waals surface area contributed by atoms with Gasteiger partial charge in [0, 0.05) is 5.02 Å². The Morgan fingerprint density at radius 2 is 1.82 bits per heavy atom. The van der Waals surface area contributed by atoms with Crippen LogP contribution >= 0.6 is 34.8 Å². The molecule has 0 radical (unpaired) electrons. The van der Waals surface area contributed by atoms with Crippen LogP contribution in [0, 0.1) is 0 Å². The van der Waals surface area contributed by atoms with Crippen molar-refractivity contribution >= 4 is 57.4 Å². The summed E-state index contributed by atoms with van der Waals surface area (Å²) >= 11 is 17.9. The quantitative estimate of drug-likeness (QED) is 0.771. The molecule has 5 nitrogen and oxygen atoms in total. The Morgan fingerprint density at radius 3 is 2.55 bits per heavy atom. The predicted molar refractivity (Wildman–Crippen MR) is 87.6 cm³/mol. The fraction of sp³-hybridized carbons (Fsp3) is 0.0714. The van der Waals surface area contributed by atoms with Crippen LogP contribution in [-0.4, -0.2) is 20.9 Å². The number of hydrogen-bond donors (Lipinski definition) is 1. The van der Waals surface area contributed by atoms with E-state index in [1.54, 1.807) is 0 Å². The first-order valence-electron chi connectivity index (χ1n) is 6.27.